The van der Waals surface area contributed by atoms with Crippen molar-refractivity contribution in [3.63, 3.8) is 0 Å². The topological polar surface area (TPSA) is 135 Å². The predicted octanol–water partition coefficient (Wildman–Crippen LogP) is 0.551. The number of nitrogens with zero attached hydrogens (tertiary/aromatic N) is 3. The van der Waals surface area contributed by atoms with Crippen molar-refractivity contribution in [1.29, 1.82) is 0 Å². The van der Waals surface area contributed by atoms with Crippen molar-refractivity contribution < 1.29 is 22.7 Å². The van der Waals surface area contributed by atoms with Gasteiger partial charge in [-0.05, 0) is 36.4 Å². The number of aromatic nitrogens is 1. The van der Waals surface area contributed by atoms with Crippen molar-refractivity contribution in [2.75, 3.05) is 36.6 Å². The van der Waals surface area contributed by atoms with E-state index < -0.39 is 15.7 Å². The number of amides is 3. The lowest BCUT2D eigenvalue weighted by Gasteiger charge is -2.33. The molecule has 3 amide bonds. The van der Waals surface area contributed by atoms with Crippen LogP contribution in [0.5, 0.6) is 5.75 Å². The Bertz CT molecular complexity index is 995. The SMILES string of the molecule is COc1ccc(N(Cc2ccc(C(=O)NN)cn2)C(=O)N2CCS(=O)(=O)CC2)cc1. The fourth-order valence-corrected chi connectivity index (χ4v) is 4.20. The molecule has 30 heavy (non-hydrogen) atoms. The highest BCUT2D eigenvalue weighted by molar-refractivity contribution is 7.91. The molecule has 11 heteroatoms. The molecule has 2 heterocycles. The summed E-state index contributed by atoms with van der Waals surface area (Å²) in [5.74, 6) is 5.18. The van der Waals surface area contributed by atoms with Gasteiger partial charge in [0.1, 0.15) is 5.75 Å². The van der Waals surface area contributed by atoms with Gasteiger partial charge in [-0.2, -0.15) is 0 Å². The van der Waals surface area contributed by atoms with Gasteiger partial charge in [0.05, 0.1) is 36.4 Å². The van der Waals surface area contributed by atoms with E-state index in [1.54, 1.807) is 43.5 Å². The molecule has 0 bridgehead atoms. The van der Waals surface area contributed by atoms with E-state index in [0.29, 0.717) is 22.7 Å². The molecule has 0 atom stereocenters. The molecule has 1 aromatic carbocycles. The number of pyridine rings is 1. The number of nitrogens with one attached hydrogen (secondary N) is 1. The normalized spacial score (nSPS) is 15.3. The number of sulfone groups is 1. The van der Waals surface area contributed by atoms with Crippen molar-refractivity contribution in [1.82, 2.24) is 15.3 Å². The standard InChI is InChI=1S/C19H23N5O5S/c1-29-17-6-4-16(5-7-17)24(19(26)23-8-10-30(27,28)11-9-23)13-15-3-2-14(12-21-15)18(25)22-20/h2-7,12H,8-11,13,20H2,1H3,(H,22,25). The maximum atomic E-state index is 13.2. The molecule has 0 unspecified atom stereocenters. The Hall–Kier alpha value is -3.18. The van der Waals surface area contributed by atoms with Gasteiger partial charge >= 0.3 is 6.03 Å². The second-order valence-corrected chi connectivity index (χ2v) is 9.02. The number of rotatable bonds is 5. The Balaban J connectivity index is 1.85. The molecule has 1 aromatic heterocycles. The molecule has 2 aromatic rings. The number of hydrogen-bond donors (Lipinski definition) is 2. The molecular formula is C19H23N5O5S. The minimum Gasteiger partial charge on any atom is -0.497 e. The number of methoxy groups -OCH3 is 1. The molecule has 160 valence electrons. The maximum absolute atomic E-state index is 13.2. The lowest BCUT2D eigenvalue weighted by Crippen LogP contribution is -2.49. The first kappa shape index (κ1) is 21.5. The number of nitrogen functional groups attached to an aromatic ring is 1. The maximum Gasteiger partial charge on any atom is 0.324 e. The van der Waals surface area contributed by atoms with E-state index in [2.05, 4.69) is 4.98 Å². The van der Waals surface area contributed by atoms with E-state index in [9.17, 15) is 18.0 Å². The van der Waals surface area contributed by atoms with Crippen molar-refractivity contribution in [3.05, 3.63) is 53.9 Å². The van der Waals surface area contributed by atoms with Gasteiger partial charge in [-0.25, -0.2) is 19.1 Å². The number of anilines is 1. The second-order valence-electron chi connectivity index (χ2n) is 6.72. The monoisotopic (exact) mass is 433 g/mol. The van der Waals surface area contributed by atoms with Crippen LogP contribution >= 0.6 is 0 Å². The van der Waals surface area contributed by atoms with E-state index in [1.807, 2.05) is 5.43 Å². The first-order valence-electron chi connectivity index (χ1n) is 9.20. The highest BCUT2D eigenvalue weighted by atomic mass is 32.2. The second kappa shape index (κ2) is 9.09. The van der Waals surface area contributed by atoms with Crippen LogP contribution in [0.25, 0.3) is 0 Å². The summed E-state index contributed by atoms with van der Waals surface area (Å²) in [6.45, 7) is 0.409. The molecule has 1 saturated heterocycles. The fraction of sp³-hybridized carbons (Fsp3) is 0.316. The van der Waals surface area contributed by atoms with E-state index >= 15 is 0 Å². The molecule has 1 fully saturated rings. The van der Waals surface area contributed by atoms with Gasteiger partial charge in [0, 0.05) is 25.0 Å². The number of benzene rings is 1. The summed E-state index contributed by atoms with van der Waals surface area (Å²) in [5, 5.41) is 0. The minimum absolute atomic E-state index is 0.0592. The van der Waals surface area contributed by atoms with Gasteiger partial charge in [0.2, 0.25) is 0 Å². The van der Waals surface area contributed by atoms with Crippen LogP contribution < -0.4 is 20.9 Å². The number of nitrogens with two attached hydrogens (primary N) is 1. The number of ether oxygens (including phenoxy) is 1. The lowest BCUT2D eigenvalue weighted by molar-refractivity contribution is 0.0953. The largest absolute Gasteiger partial charge is 0.497 e. The Morgan fingerprint density at radius 3 is 2.37 bits per heavy atom. The Labute approximate surface area is 174 Å². The van der Waals surface area contributed by atoms with Crippen LogP contribution in [0, 0.1) is 0 Å². The van der Waals surface area contributed by atoms with E-state index in [1.165, 1.54) is 16.0 Å². The summed E-state index contributed by atoms with van der Waals surface area (Å²) < 4.78 is 28.6. The zero-order valence-electron chi connectivity index (χ0n) is 16.4. The van der Waals surface area contributed by atoms with Gasteiger partial charge in [0.25, 0.3) is 5.91 Å². The Morgan fingerprint density at radius 2 is 1.83 bits per heavy atom. The van der Waals surface area contributed by atoms with Crippen LogP contribution in [0.2, 0.25) is 0 Å². The first-order chi connectivity index (χ1) is 14.3. The summed E-state index contributed by atoms with van der Waals surface area (Å²) in [6, 6.07) is 9.84. The summed E-state index contributed by atoms with van der Waals surface area (Å²) in [4.78, 5) is 32.1. The van der Waals surface area contributed by atoms with E-state index in [-0.39, 0.29) is 37.2 Å². The number of urea groups is 1. The quantitative estimate of drug-likeness (QED) is 0.399. The summed E-state index contributed by atoms with van der Waals surface area (Å²) in [5.41, 5.74) is 3.50. The molecule has 10 nitrogen and oxygen atoms in total. The molecule has 1 aliphatic heterocycles. The van der Waals surface area contributed by atoms with Crippen molar-refractivity contribution in [2.45, 2.75) is 6.54 Å². The zero-order valence-corrected chi connectivity index (χ0v) is 17.3. The van der Waals surface area contributed by atoms with Crippen molar-refractivity contribution in [3.8, 4) is 5.75 Å². The van der Waals surface area contributed by atoms with Crippen LogP contribution in [0.1, 0.15) is 16.1 Å². The van der Waals surface area contributed by atoms with E-state index in [0.717, 1.165) is 0 Å². The summed E-state index contributed by atoms with van der Waals surface area (Å²) >= 11 is 0. The summed E-state index contributed by atoms with van der Waals surface area (Å²) in [7, 11) is -1.56. The molecule has 3 rings (SSSR count). The molecule has 0 spiro atoms. The number of carbonyl (C=O) groups is 2. The van der Waals surface area contributed by atoms with Crippen LogP contribution in [0.4, 0.5) is 10.5 Å². The Morgan fingerprint density at radius 1 is 1.17 bits per heavy atom. The molecule has 0 radical (unpaired) electrons. The number of hydrazine groups is 1. The molecule has 1 aliphatic rings. The van der Waals surface area contributed by atoms with Gasteiger partial charge in [0.15, 0.2) is 9.84 Å². The fourth-order valence-electron chi connectivity index (χ4n) is 3.00. The third-order valence-electron chi connectivity index (χ3n) is 4.77. The molecule has 0 aliphatic carbocycles. The van der Waals surface area contributed by atoms with Crippen LogP contribution in [-0.2, 0) is 16.4 Å². The van der Waals surface area contributed by atoms with Crippen LogP contribution in [-0.4, -0.2) is 61.9 Å². The highest BCUT2D eigenvalue weighted by Gasteiger charge is 2.29. The van der Waals surface area contributed by atoms with Crippen LogP contribution in [0.15, 0.2) is 42.6 Å². The first-order valence-corrected chi connectivity index (χ1v) is 11.0. The third kappa shape index (κ3) is 5.05. The van der Waals surface area contributed by atoms with Crippen LogP contribution in [0.3, 0.4) is 0 Å². The van der Waals surface area contributed by atoms with Crippen molar-refractivity contribution in [2.24, 2.45) is 5.84 Å². The predicted molar refractivity (Wildman–Crippen MR) is 111 cm³/mol. The number of carbonyl (C=O) groups excluding carboxylic acids is 2. The molecular weight excluding hydrogens is 410 g/mol. The number of hydrogen-bond acceptors (Lipinski definition) is 7. The molecule has 0 saturated carbocycles. The Kier molecular flexibility index (Phi) is 6.53. The highest BCUT2D eigenvalue weighted by Crippen LogP contribution is 2.23. The third-order valence-corrected chi connectivity index (χ3v) is 6.38. The zero-order chi connectivity index (χ0) is 21.7. The van der Waals surface area contributed by atoms with Crippen molar-refractivity contribution >= 4 is 27.5 Å². The van der Waals surface area contributed by atoms with Gasteiger partial charge in [-0.15, -0.1) is 0 Å². The van der Waals surface area contributed by atoms with Gasteiger partial charge in [-0.3, -0.25) is 20.1 Å². The lowest BCUT2D eigenvalue weighted by atomic mass is 10.2. The smallest absolute Gasteiger partial charge is 0.324 e. The van der Waals surface area contributed by atoms with E-state index in [4.69, 9.17) is 10.6 Å². The summed E-state index contributed by atoms with van der Waals surface area (Å²) in [6.07, 6.45) is 1.38. The average Bonchev–Trinajstić information content (AvgIpc) is 2.77. The molecule has 3 N–H and O–H groups in total. The average molecular weight is 433 g/mol. The van der Waals surface area contributed by atoms with Gasteiger partial charge < -0.3 is 9.64 Å². The minimum atomic E-state index is -3.11. The van der Waals surface area contributed by atoms with Gasteiger partial charge in [-0.1, -0.05) is 0 Å².